The standard InChI is InChI=1S/C15H18N2O2S/c1-2-20-11-7-6-10(8-11)17-9-16-13-5-3-4-12(14(13)17)15(18)19/h3-5,9-11H,2,6-8H2,1H3,(H,18,19). The first-order chi connectivity index (χ1) is 9.70. The van der Waals surface area contributed by atoms with Gasteiger partial charge in [-0.3, -0.25) is 0 Å². The molecule has 1 aliphatic rings. The molecular formula is C15H18N2O2S. The summed E-state index contributed by atoms with van der Waals surface area (Å²) in [5.74, 6) is 0.262. The SMILES string of the molecule is CCSC1CCC(n2cnc3cccc(C(=O)O)c32)C1. The van der Waals surface area contributed by atoms with Gasteiger partial charge in [-0.15, -0.1) is 0 Å². The number of fused-ring (bicyclic) bond motifs is 1. The summed E-state index contributed by atoms with van der Waals surface area (Å²) in [7, 11) is 0. The lowest BCUT2D eigenvalue weighted by Gasteiger charge is -2.14. The van der Waals surface area contributed by atoms with E-state index in [2.05, 4.69) is 16.5 Å². The number of carboxylic acid groups (broad SMARTS) is 1. The summed E-state index contributed by atoms with van der Waals surface area (Å²) in [6, 6.07) is 5.68. The zero-order valence-corrected chi connectivity index (χ0v) is 12.3. The molecule has 0 bridgehead atoms. The van der Waals surface area contributed by atoms with Crippen molar-refractivity contribution in [3.63, 3.8) is 0 Å². The highest BCUT2D eigenvalue weighted by Crippen LogP contribution is 2.38. The van der Waals surface area contributed by atoms with Crippen molar-refractivity contribution < 1.29 is 9.90 Å². The van der Waals surface area contributed by atoms with Crippen LogP contribution in [0.5, 0.6) is 0 Å². The van der Waals surface area contributed by atoms with Crippen molar-refractivity contribution in [3.05, 3.63) is 30.1 Å². The topological polar surface area (TPSA) is 55.1 Å². The van der Waals surface area contributed by atoms with Crippen LogP contribution in [-0.4, -0.2) is 31.6 Å². The van der Waals surface area contributed by atoms with Crippen LogP contribution >= 0.6 is 11.8 Å². The molecule has 2 atom stereocenters. The highest BCUT2D eigenvalue weighted by atomic mass is 32.2. The zero-order valence-electron chi connectivity index (χ0n) is 11.5. The number of rotatable bonds is 4. The molecule has 1 aromatic carbocycles. The van der Waals surface area contributed by atoms with Crippen molar-refractivity contribution in [1.82, 2.24) is 9.55 Å². The fourth-order valence-electron chi connectivity index (χ4n) is 3.10. The molecule has 0 saturated heterocycles. The van der Waals surface area contributed by atoms with Crippen molar-refractivity contribution in [2.75, 3.05) is 5.75 Å². The predicted octanol–water partition coefficient (Wildman–Crippen LogP) is 3.58. The number of thioether (sulfide) groups is 1. The van der Waals surface area contributed by atoms with Gasteiger partial charge in [0.15, 0.2) is 0 Å². The van der Waals surface area contributed by atoms with Crippen LogP contribution in [0.1, 0.15) is 42.6 Å². The minimum atomic E-state index is -0.880. The highest BCUT2D eigenvalue weighted by molar-refractivity contribution is 7.99. The normalized spacial score (nSPS) is 22.4. The Morgan fingerprint density at radius 3 is 3.10 bits per heavy atom. The minimum absolute atomic E-state index is 0.353. The van der Waals surface area contributed by atoms with E-state index in [4.69, 9.17) is 0 Å². The van der Waals surface area contributed by atoms with Gasteiger partial charge in [-0.2, -0.15) is 11.8 Å². The van der Waals surface area contributed by atoms with Gasteiger partial charge in [-0.05, 0) is 37.1 Å². The third-order valence-electron chi connectivity index (χ3n) is 3.98. The number of hydrogen-bond donors (Lipinski definition) is 1. The van der Waals surface area contributed by atoms with Crippen LogP contribution in [0.4, 0.5) is 0 Å². The fourth-order valence-corrected chi connectivity index (χ4v) is 4.23. The van der Waals surface area contributed by atoms with E-state index >= 15 is 0 Å². The Labute approximate surface area is 122 Å². The van der Waals surface area contributed by atoms with E-state index in [1.165, 1.54) is 6.42 Å². The lowest BCUT2D eigenvalue weighted by atomic mass is 10.1. The van der Waals surface area contributed by atoms with Crippen molar-refractivity contribution in [2.45, 2.75) is 37.5 Å². The summed E-state index contributed by atoms with van der Waals surface area (Å²) in [6.45, 7) is 2.19. The predicted molar refractivity (Wildman–Crippen MR) is 81.5 cm³/mol. The monoisotopic (exact) mass is 290 g/mol. The molecule has 4 nitrogen and oxygen atoms in total. The molecule has 1 heterocycles. The van der Waals surface area contributed by atoms with Gasteiger partial charge in [0.25, 0.3) is 0 Å². The number of imidazole rings is 1. The van der Waals surface area contributed by atoms with E-state index < -0.39 is 5.97 Å². The number of para-hydroxylation sites is 1. The summed E-state index contributed by atoms with van der Waals surface area (Å²) in [6.07, 6.45) is 5.23. The number of benzene rings is 1. The molecule has 1 aromatic heterocycles. The Kier molecular flexibility index (Phi) is 3.70. The van der Waals surface area contributed by atoms with Gasteiger partial charge in [0, 0.05) is 11.3 Å². The van der Waals surface area contributed by atoms with E-state index in [1.54, 1.807) is 18.5 Å². The van der Waals surface area contributed by atoms with E-state index in [1.807, 2.05) is 17.8 Å². The van der Waals surface area contributed by atoms with Crippen LogP contribution in [-0.2, 0) is 0 Å². The molecule has 20 heavy (non-hydrogen) atoms. The molecular weight excluding hydrogens is 272 g/mol. The summed E-state index contributed by atoms with van der Waals surface area (Å²) in [4.78, 5) is 15.8. The average molecular weight is 290 g/mol. The van der Waals surface area contributed by atoms with E-state index in [0.717, 1.165) is 29.6 Å². The summed E-state index contributed by atoms with van der Waals surface area (Å²) >= 11 is 2.01. The molecule has 0 aliphatic heterocycles. The number of hydrogen-bond acceptors (Lipinski definition) is 3. The van der Waals surface area contributed by atoms with Crippen molar-refractivity contribution in [1.29, 1.82) is 0 Å². The maximum absolute atomic E-state index is 11.4. The van der Waals surface area contributed by atoms with Crippen LogP contribution in [0.25, 0.3) is 11.0 Å². The first-order valence-corrected chi connectivity index (χ1v) is 8.06. The molecule has 0 amide bonds. The first kappa shape index (κ1) is 13.5. The Bertz CT molecular complexity index is 638. The van der Waals surface area contributed by atoms with Crippen molar-refractivity contribution >= 4 is 28.8 Å². The van der Waals surface area contributed by atoms with Gasteiger partial charge in [-0.1, -0.05) is 13.0 Å². The van der Waals surface area contributed by atoms with Crippen LogP contribution in [0, 0.1) is 0 Å². The zero-order chi connectivity index (χ0) is 14.1. The number of aromatic nitrogens is 2. The second kappa shape index (κ2) is 5.48. The van der Waals surface area contributed by atoms with Gasteiger partial charge < -0.3 is 9.67 Å². The van der Waals surface area contributed by atoms with Crippen LogP contribution < -0.4 is 0 Å². The second-order valence-electron chi connectivity index (χ2n) is 5.17. The van der Waals surface area contributed by atoms with E-state index in [0.29, 0.717) is 16.9 Å². The molecule has 1 N–H and O–H groups in total. The van der Waals surface area contributed by atoms with Crippen LogP contribution in [0.15, 0.2) is 24.5 Å². The molecule has 2 aromatic rings. The fraction of sp³-hybridized carbons (Fsp3) is 0.467. The molecule has 2 unspecified atom stereocenters. The Morgan fingerprint density at radius 2 is 2.35 bits per heavy atom. The highest BCUT2D eigenvalue weighted by Gasteiger charge is 2.27. The van der Waals surface area contributed by atoms with Gasteiger partial charge >= 0.3 is 5.97 Å². The number of carbonyl (C=O) groups is 1. The molecule has 0 spiro atoms. The lowest BCUT2D eigenvalue weighted by molar-refractivity contribution is 0.0698. The second-order valence-corrected chi connectivity index (χ2v) is 6.75. The average Bonchev–Trinajstić information content (AvgIpc) is 3.04. The number of nitrogens with zero attached hydrogens (tertiary/aromatic N) is 2. The van der Waals surface area contributed by atoms with Crippen molar-refractivity contribution in [3.8, 4) is 0 Å². The van der Waals surface area contributed by atoms with Gasteiger partial charge in [-0.25, -0.2) is 9.78 Å². The summed E-state index contributed by atoms with van der Waals surface area (Å²) in [5, 5.41) is 10.1. The van der Waals surface area contributed by atoms with Crippen LogP contribution in [0.3, 0.4) is 0 Å². The maximum atomic E-state index is 11.4. The number of aromatic carboxylic acids is 1. The maximum Gasteiger partial charge on any atom is 0.337 e. The third kappa shape index (κ3) is 2.30. The van der Waals surface area contributed by atoms with E-state index in [9.17, 15) is 9.90 Å². The smallest absolute Gasteiger partial charge is 0.337 e. The molecule has 0 radical (unpaired) electrons. The molecule has 5 heteroatoms. The summed E-state index contributed by atoms with van der Waals surface area (Å²) < 4.78 is 2.08. The van der Waals surface area contributed by atoms with E-state index in [-0.39, 0.29) is 0 Å². The third-order valence-corrected chi connectivity index (χ3v) is 5.21. The largest absolute Gasteiger partial charge is 0.478 e. The molecule has 1 aliphatic carbocycles. The Balaban J connectivity index is 1.98. The van der Waals surface area contributed by atoms with Crippen LogP contribution in [0.2, 0.25) is 0 Å². The molecule has 1 saturated carbocycles. The molecule has 106 valence electrons. The first-order valence-electron chi connectivity index (χ1n) is 7.01. The number of carboxylic acids is 1. The Morgan fingerprint density at radius 1 is 1.50 bits per heavy atom. The quantitative estimate of drug-likeness (QED) is 0.935. The summed E-state index contributed by atoms with van der Waals surface area (Å²) in [5.41, 5.74) is 1.90. The Hall–Kier alpha value is -1.49. The minimum Gasteiger partial charge on any atom is -0.478 e. The van der Waals surface area contributed by atoms with Gasteiger partial charge in [0.1, 0.15) is 0 Å². The lowest BCUT2D eigenvalue weighted by Crippen LogP contribution is -2.08. The van der Waals surface area contributed by atoms with Gasteiger partial charge in [0.2, 0.25) is 0 Å². The molecule has 3 rings (SSSR count). The molecule has 1 fully saturated rings. The van der Waals surface area contributed by atoms with Gasteiger partial charge in [0.05, 0.1) is 22.9 Å². The van der Waals surface area contributed by atoms with Crippen molar-refractivity contribution in [2.24, 2.45) is 0 Å².